The zero-order chi connectivity index (χ0) is 15.8. The number of aromatic amines is 1. The number of halogens is 2. The lowest BCUT2D eigenvalue weighted by atomic mass is 10.1. The maximum absolute atomic E-state index is 13.3. The van der Waals surface area contributed by atoms with Crippen LogP contribution in [0.1, 0.15) is 11.7 Å². The van der Waals surface area contributed by atoms with Crippen LogP contribution >= 0.6 is 11.6 Å². The van der Waals surface area contributed by atoms with E-state index in [9.17, 15) is 4.39 Å². The Hall–Kier alpha value is -2.11. The van der Waals surface area contributed by atoms with Crippen LogP contribution in [0.3, 0.4) is 0 Å². The zero-order valence-electron chi connectivity index (χ0n) is 12.3. The van der Waals surface area contributed by atoms with E-state index < -0.39 is 5.82 Å². The Morgan fingerprint density at radius 3 is 2.96 bits per heavy atom. The fourth-order valence-electron chi connectivity index (χ4n) is 2.85. The number of nitrogens with zero attached hydrogens (tertiary/aromatic N) is 2. The van der Waals surface area contributed by atoms with Gasteiger partial charge in [0.05, 0.1) is 29.2 Å². The summed E-state index contributed by atoms with van der Waals surface area (Å²) in [6, 6.07) is 12.7. The molecule has 2 aromatic carbocycles. The van der Waals surface area contributed by atoms with E-state index >= 15 is 0 Å². The highest BCUT2D eigenvalue weighted by atomic mass is 35.5. The van der Waals surface area contributed by atoms with Crippen molar-refractivity contribution in [3.8, 4) is 0 Å². The Morgan fingerprint density at radius 1 is 1.26 bits per heavy atom. The fourth-order valence-corrected chi connectivity index (χ4v) is 3.03. The number of anilines is 1. The molecule has 4 rings (SSSR count). The van der Waals surface area contributed by atoms with E-state index in [-0.39, 0.29) is 11.1 Å². The van der Waals surface area contributed by atoms with E-state index in [0.717, 1.165) is 29.1 Å². The molecule has 1 aliphatic heterocycles. The van der Waals surface area contributed by atoms with Crippen molar-refractivity contribution >= 4 is 28.6 Å². The highest BCUT2D eigenvalue weighted by Crippen LogP contribution is 2.28. The summed E-state index contributed by atoms with van der Waals surface area (Å²) in [5.41, 5.74) is 2.82. The van der Waals surface area contributed by atoms with Gasteiger partial charge in [0, 0.05) is 6.54 Å². The topological polar surface area (TPSA) is 41.2 Å². The van der Waals surface area contributed by atoms with E-state index in [4.69, 9.17) is 16.3 Å². The maximum Gasteiger partial charge on any atom is 0.204 e. The fraction of sp³-hybridized carbons (Fsp3) is 0.235. The van der Waals surface area contributed by atoms with Gasteiger partial charge in [-0.25, -0.2) is 9.37 Å². The molecular weight excluding hydrogens is 317 g/mol. The van der Waals surface area contributed by atoms with Gasteiger partial charge in [-0.3, -0.25) is 0 Å². The van der Waals surface area contributed by atoms with Crippen molar-refractivity contribution in [1.29, 1.82) is 0 Å². The second kappa shape index (κ2) is 5.83. The number of imidazole rings is 1. The highest BCUT2D eigenvalue weighted by Gasteiger charge is 2.24. The van der Waals surface area contributed by atoms with E-state index in [1.807, 2.05) is 24.3 Å². The van der Waals surface area contributed by atoms with Gasteiger partial charge in [0.1, 0.15) is 11.9 Å². The number of hydrogen-bond acceptors (Lipinski definition) is 3. The number of morpholine rings is 1. The Kier molecular flexibility index (Phi) is 3.67. The molecule has 0 aliphatic carbocycles. The summed E-state index contributed by atoms with van der Waals surface area (Å²) in [7, 11) is 0. The highest BCUT2D eigenvalue weighted by molar-refractivity contribution is 6.30. The van der Waals surface area contributed by atoms with Gasteiger partial charge >= 0.3 is 0 Å². The number of aromatic nitrogens is 2. The van der Waals surface area contributed by atoms with Crippen LogP contribution < -0.4 is 4.90 Å². The molecule has 23 heavy (non-hydrogen) atoms. The third kappa shape index (κ3) is 2.78. The molecule has 4 nitrogen and oxygen atoms in total. The molecule has 0 bridgehead atoms. The molecule has 1 N–H and O–H groups in total. The van der Waals surface area contributed by atoms with Crippen molar-refractivity contribution in [1.82, 2.24) is 9.97 Å². The Morgan fingerprint density at radius 2 is 2.13 bits per heavy atom. The monoisotopic (exact) mass is 331 g/mol. The minimum absolute atomic E-state index is 0.118. The first kappa shape index (κ1) is 14.5. The molecule has 1 unspecified atom stereocenters. The van der Waals surface area contributed by atoms with Crippen LogP contribution in [0.25, 0.3) is 11.0 Å². The van der Waals surface area contributed by atoms with E-state index in [1.54, 1.807) is 12.1 Å². The van der Waals surface area contributed by atoms with Crippen LogP contribution in [0.4, 0.5) is 10.3 Å². The molecule has 0 amide bonds. The molecule has 1 saturated heterocycles. The van der Waals surface area contributed by atoms with Crippen molar-refractivity contribution < 1.29 is 9.13 Å². The second-order valence-electron chi connectivity index (χ2n) is 5.56. The lowest BCUT2D eigenvalue weighted by Crippen LogP contribution is -2.39. The number of hydrogen-bond donors (Lipinski definition) is 1. The molecule has 118 valence electrons. The summed E-state index contributed by atoms with van der Waals surface area (Å²) in [6.07, 6.45) is -0.157. The minimum atomic E-state index is -0.416. The lowest BCUT2D eigenvalue weighted by Gasteiger charge is -2.33. The molecular formula is C17H15ClFN3O. The first-order valence-corrected chi connectivity index (χ1v) is 7.85. The number of H-pyrrole nitrogens is 1. The Bertz CT molecular complexity index is 818. The molecule has 2 heterocycles. The lowest BCUT2D eigenvalue weighted by molar-refractivity contribution is 0.0392. The Labute approximate surface area is 137 Å². The van der Waals surface area contributed by atoms with Crippen molar-refractivity contribution in [2.75, 3.05) is 24.6 Å². The van der Waals surface area contributed by atoms with Crippen LogP contribution in [0, 0.1) is 5.82 Å². The summed E-state index contributed by atoms with van der Waals surface area (Å²) in [6.45, 7) is 1.98. The van der Waals surface area contributed by atoms with Gasteiger partial charge in [0.25, 0.3) is 0 Å². The molecule has 0 saturated carbocycles. The molecule has 0 spiro atoms. The van der Waals surface area contributed by atoms with E-state index in [1.165, 1.54) is 6.07 Å². The van der Waals surface area contributed by atoms with Crippen LogP contribution in [-0.4, -0.2) is 29.7 Å². The molecule has 6 heteroatoms. The van der Waals surface area contributed by atoms with Gasteiger partial charge in [0.2, 0.25) is 5.95 Å². The molecule has 0 radical (unpaired) electrons. The summed E-state index contributed by atoms with van der Waals surface area (Å²) in [4.78, 5) is 10.1. The van der Waals surface area contributed by atoms with Crippen molar-refractivity contribution in [3.05, 3.63) is 58.9 Å². The average Bonchev–Trinajstić information content (AvgIpc) is 3.02. The number of benzene rings is 2. The molecule has 1 aromatic heterocycles. The molecule has 3 aromatic rings. The normalized spacial score (nSPS) is 18.5. The maximum atomic E-state index is 13.3. The van der Waals surface area contributed by atoms with Crippen LogP contribution in [0.15, 0.2) is 42.5 Å². The standard InChI is InChI=1S/C17H15ClFN3O/c18-12-9-11(5-6-13(12)19)16-10-22(7-8-23-16)17-20-14-3-1-2-4-15(14)21-17/h1-6,9,16H,7-8,10H2,(H,20,21). The minimum Gasteiger partial charge on any atom is -0.370 e. The number of ether oxygens (including phenoxy) is 1. The number of nitrogens with one attached hydrogen (secondary N) is 1. The third-order valence-electron chi connectivity index (χ3n) is 4.06. The van der Waals surface area contributed by atoms with Crippen molar-refractivity contribution in [2.24, 2.45) is 0 Å². The molecule has 1 aliphatic rings. The quantitative estimate of drug-likeness (QED) is 0.773. The second-order valence-corrected chi connectivity index (χ2v) is 5.96. The van der Waals surface area contributed by atoms with E-state index in [0.29, 0.717) is 13.2 Å². The van der Waals surface area contributed by atoms with Gasteiger partial charge in [-0.05, 0) is 29.8 Å². The Balaban J connectivity index is 1.60. The SMILES string of the molecule is Fc1ccc(C2CN(c3nc4ccccc4[nH]3)CCO2)cc1Cl. The number of fused-ring (bicyclic) bond motifs is 1. The molecule has 1 atom stereocenters. The van der Waals surface area contributed by atoms with Crippen LogP contribution in [0.2, 0.25) is 5.02 Å². The summed E-state index contributed by atoms with van der Waals surface area (Å²) in [5.74, 6) is 0.410. The van der Waals surface area contributed by atoms with Gasteiger partial charge in [0.15, 0.2) is 0 Å². The number of para-hydroxylation sites is 2. The number of rotatable bonds is 2. The first-order chi connectivity index (χ1) is 11.2. The molecule has 1 fully saturated rings. The third-order valence-corrected chi connectivity index (χ3v) is 4.35. The summed E-state index contributed by atoms with van der Waals surface area (Å²) >= 11 is 5.88. The predicted octanol–water partition coefficient (Wildman–Crippen LogP) is 3.93. The zero-order valence-corrected chi connectivity index (χ0v) is 13.1. The van der Waals surface area contributed by atoms with Crippen molar-refractivity contribution in [3.63, 3.8) is 0 Å². The average molecular weight is 332 g/mol. The van der Waals surface area contributed by atoms with E-state index in [2.05, 4.69) is 14.9 Å². The largest absolute Gasteiger partial charge is 0.370 e. The smallest absolute Gasteiger partial charge is 0.204 e. The van der Waals surface area contributed by atoms with Gasteiger partial charge < -0.3 is 14.6 Å². The van der Waals surface area contributed by atoms with Crippen molar-refractivity contribution in [2.45, 2.75) is 6.10 Å². The summed E-state index contributed by atoms with van der Waals surface area (Å²) < 4.78 is 19.1. The van der Waals surface area contributed by atoms with Gasteiger partial charge in [-0.15, -0.1) is 0 Å². The van der Waals surface area contributed by atoms with Gasteiger partial charge in [-0.1, -0.05) is 29.8 Å². The predicted molar refractivity (Wildman–Crippen MR) is 88.4 cm³/mol. The van der Waals surface area contributed by atoms with Gasteiger partial charge in [-0.2, -0.15) is 0 Å². The van der Waals surface area contributed by atoms with Crippen LogP contribution in [0.5, 0.6) is 0 Å². The van der Waals surface area contributed by atoms with Crippen LogP contribution in [-0.2, 0) is 4.74 Å². The first-order valence-electron chi connectivity index (χ1n) is 7.47. The summed E-state index contributed by atoms with van der Waals surface area (Å²) in [5, 5.41) is 0.118.